The molecule has 0 aromatic heterocycles. The molecule has 6 heteroatoms. The van der Waals surface area contributed by atoms with Gasteiger partial charge in [0.15, 0.2) is 6.29 Å². The summed E-state index contributed by atoms with van der Waals surface area (Å²) in [6, 6.07) is 0.403. The monoisotopic (exact) mass is 215 g/mol. The summed E-state index contributed by atoms with van der Waals surface area (Å²) >= 11 is 1.52. The molecule has 0 amide bonds. The Kier molecular flexibility index (Phi) is 4.92. The van der Waals surface area contributed by atoms with Crippen LogP contribution in [-0.4, -0.2) is 23.3 Å². The molecule has 5 nitrogen and oxygen atoms in total. The van der Waals surface area contributed by atoms with E-state index < -0.39 is 0 Å². The summed E-state index contributed by atoms with van der Waals surface area (Å²) in [7, 11) is 0. The van der Waals surface area contributed by atoms with E-state index in [-0.39, 0.29) is 6.29 Å². The standard InChI is InChI=1S/C8H17N5S/c1-4-9-8(11-7(2)3)13-12-10-5-6-14-13/h5-9,11H,4H2,1-3H3. The molecule has 0 saturated heterocycles. The third kappa shape index (κ3) is 3.65. The van der Waals surface area contributed by atoms with Crippen LogP contribution in [0.25, 0.3) is 0 Å². The molecule has 1 atom stereocenters. The molecule has 0 bridgehead atoms. The summed E-state index contributed by atoms with van der Waals surface area (Å²) in [5.74, 6) is 0. The van der Waals surface area contributed by atoms with Crippen LogP contribution in [0.1, 0.15) is 20.8 Å². The predicted octanol–water partition coefficient (Wildman–Crippen LogP) is 1.68. The van der Waals surface area contributed by atoms with Crippen molar-refractivity contribution in [2.45, 2.75) is 33.1 Å². The van der Waals surface area contributed by atoms with Crippen molar-refractivity contribution < 1.29 is 0 Å². The fourth-order valence-corrected chi connectivity index (χ4v) is 1.62. The Hall–Kier alpha value is -0.590. The normalized spacial score (nSPS) is 17.9. The molecule has 0 radical (unpaired) electrons. The van der Waals surface area contributed by atoms with Gasteiger partial charge in [0.05, 0.1) is 6.20 Å². The molecule has 0 fully saturated rings. The van der Waals surface area contributed by atoms with Gasteiger partial charge in [-0.3, -0.25) is 10.6 Å². The van der Waals surface area contributed by atoms with Crippen LogP contribution in [0.3, 0.4) is 0 Å². The average molecular weight is 215 g/mol. The van der Waals surface area contributed by atoms with E-state index in [1.165, 1.54) is 11.9 Å². The lowest BCUT2D eigenvalue weighted by molar-refractivity contribution is 0.233. The van der Waals surface area contributed by atoms with E-state index in [4.69, 9.17) is 0 Å². The number of nitrogens with zero attached hydrogens (tertiary/aromatic N) is 3. The Morgan fingerprint density at radius 2 is 2.29 bits per heavy atom. The van der Waals surface area contributed by atoms with Crippen LogP contribution in [0.15, 0.2) is 21.9 Å². The van der Waals surface area contributed by atoms with Crippen molar-refractivity contribution in [3.05, 3.63) is 11.6 Å². The van der Waals surface area contributed by atoms with Crippen LogP contribution in [0.5, 0.6) is 0 Å². The van der Waals surface area contributed by atoms with Gasteiger partial charge in [-0.05, 0) is 20.4 Å². The molecule has 80 valence electrons. The fourth-order valence-electron chi connectivity index (χ4n) is 1.04. The largest absolute Gasteiger partial charge is 0.283 e. The van der Waals surface area contributed by atoms with Gasteiger partial charge in [0.2, 0.25) is 0 Å². The second kappa shape index (κ2) is 6.00. The van der Waals surface area contributed by atoms with Crippen molar-refractivity contribution in [2.75, 3.05) is 6.54 Å². The molecule has 0 saturated carbocycles. The zero-order chi connectivity index (χ0) is 10.4. The van der Waals surface area contributed by atoms with Crippen LogP contribution in [-0.2, 0) is 0 Å². The number of rotatable bonds is 5. The highest BCUT2D eigenvalue weighted by atomic mass is 32.2. The Bertz CT molecular complexity index is 216. The maximum atomic E-state index is 4.01. The molecule has 0 aliphatic carbocycles. The van der Waals surface area contributed by atoms with Crippen molar-refractivity contribution >= 4 is 11.9 Å². The topological polar surface area (TPSA) is 52.0 Å². The molecule has 2 N–H and O–H groups in total. The van der Waals surface area contributed by atoms with Crippen molar-refractivity contribution in [2.24, 2.45) is 10.3 Å². The van der Waals surface area contributed by atoms with E-state index in [0.29, 0.717) is 6.04 Å². The van der Waals surface area contributed by atoms with Gasteiger partial charge in [0.25, 0.3) is 0 Å². The lowest BCUT2D eigenvalue weighted by atomic mass is 10.4. The van der Waals surface area contributed by atoms with Crippen LogP contribution in [0.4, 0.5) is 0 Å². The summed E-state index contributed by atoms with van der Waals surface area (Å²) in [5.41, 5.74) is 0. The first-order valence-corrected chi connectivity index (χ1v) is 5.59. The minimum atomic E-state index is 0.0266. The fraction of sp³-hybridized carbons (Fsp3) is 0.750. The second-order valence-corrected chi connectivity index (χ2v) is 4.04. The smallest absolute Gasteiger partial charge is 0.164 e. The molecular formula is C8H17N5S. The van der Waals surface area contributed by atoms with Crippen molar-refractivity contribution in [3.8, 4) is 0 Å². The van der Waals surface area contributed by atoms with E-state index in [1.807, 2.05) is 9.82 Å². The second-order valence-electron chi connectivity index (χ2n) is 3.18. The van der Waals surface area contributed by atoms with E-state index in [9.17, 15) is 0 Å². The first-order chi connectivity index (χ1) is 6.74. The van der Waals surface area contributed by atoms with Crippen molar-refractivity contribution in [1.29, 1.82) is 0 Å². The summed E-state index contributed by atoms with van der Waals surface area (Å²) in [6.07, 6.45) is 1.71. The molecule has 1 aliphatic rings. The SMILES string of the molecule is CCNC(NC(C)C)N1N=NC=CS1. The van der Waals surface area contributed by atoms with Crippen molar-refractivity contribution in [3.63, 3.8) is 0 Å². The molecule has 0 aromatic rings. The summed E-state index contributed by atoms with van der Waals surface area (Å²) in [6.45, 7) is 7.16. The van der Waals surface area contributed by atoms with E-state index in [1.54, 1.807) is 6.20 Å². The summed E-state index contributed by atoms with van der Waals surface area (Å²) in [4.78, 5) is 0. The highest BCUT2D eigenvalue weighted by Gasteiger charge is 2.17. The molecule has 1 heterocycles. The van der Waals surface area contributed by atoms with Crippen LogP contribution < -0.4 is 10.6 Å². The average Bonchev–Trinajstić information content (AvgIpc) is 2.18. The summed E-state index contributed by atoms with van der Waals surface area (Å²) < 4.78 is 1.81. The minimum Gasteiger partial charge on any atom is -0.283 e. The maximum absolute atomic E-state index is 4.01. The summed E-state index contributed by atoms with van der Waals surface area (Å²) in [5, 5.41) is 16.4. The van der Waals surface area contributed by atoms with Gasteiger partial charge in [-0.1, -0.05) is 12.1 Å². The van der Waals surface area contributed by atoms with Gasteiger partial charge in [0, 0.05) is 23.4 Å². The Morgan fingerprint density at radius 3 is 2.79 bits per heavy atom. The highest BCUT2D eigenvalue weighted by molar-refractivity contribution is 7.99. The zero-order valence-electron chi connectivity index (χ0n) is 8.77. The number of hydrogen-bond acceptors (Lipinski definition) is 6. The first-order valence-electron chi connectivity index (χ1n) is 4.75. The molecule has 0 spiro atoms. The van der Waals surface area contributed by atoms with E-state index in [0.717, 1.165) is 6.54 Å². The molecule has 0 aromatic carbocycles. The number of nitrogens with one attached hydrogen (secondary N) is 2. The first kappa shape index (κ1) is 11.5. The lowest BCUT2D eigenvalue weighted by Gasteiger charge is -2.29. The third-order valence-electron chi connectivity index (χ3n) is 1.55. The maximum Gasteiger partial charge on any atom is 0.164 e. The molecular weight excluding hydrogens is 198 g/mol. The van der Waals surface area contributed by atoms with Crippen LogP contribution in [0, 0.1) is 0 Å². The predicted molar refractivity (Wildman–Crippen MR) is 59.2 cm³/mol. The Balaban J connectivity index is 2.48. The van der Waals surface area contributed by atoms with Gasteiger partial charge in [-0.2, -0.15) is 4.41 Å². The highest BCUT2D eigenvalue weighted by Crippen LogP contribution is 2.18. The lowest BCUT2D eigenvalue weighted by Crippen LogP contribution is -2.52. The van der Waals surface area contributed by atoms with Gasteiger partial charge in [0.1, 0.15) is 0 Å². The van der Waals surface area contributed by atoms with E-state index >= 15 is 0 Å². The minimum absolute atomic E-state index is 0.0266. The Morgan fingerprint density at radius 1 is 1.50 bits per heavy atom. The molecule has 1 aliphatic heterocycles. The van der Waals surface area contributed by atoms with Gasteiger partial charge in [-0.15, -0.1) is 5.11 Å². The van der Waals surface area contributed by atoms with E-state index in [2.05, 4.69) is 41.7 Å². The van der Waals surface area contributed by atoms with Crippen LogP contribution in [0.2, 0.25) is 0 Å². The Labute approximate surface area is 89.1 Å². The van der Waals surface area contributed by atoms with Crippen molar-refractivity contribution in [1.82, 2.24) is 15.0 Å². The molecule has 14 heavy (non-hydrogen) atoms. The zero-order valence-corrected chi connectivity index (χ0v) is 9.58. The van der Waals surface area contributed by atoms with Crippen LogP contribution >= 0.6 is 11.9 Å². The van der Waals surface area contributed by atoms with Gasteiger partial charge < -0.3 is 0 Å². The van der Waals surface area contributed by atoms with Gasteiger partial charge >= 0.3 is 0 Å². The number of hydrogen-bond donors (Lipinski definition) is 2. The quantitative estimate of drug-likeness (QED) is 0.541. The molecule has 1 unspecified atom stereocenters. The molecule has 1 rings (SSSR count). The van der Waals surface area contributed by atoms with Gasteiger partial charge in [-0.25, -0.2) is 0 Å². The third-order valence-corrected chi connectivity index (χ3v) is 2.29.